The molecule has 0 unspecified atom stereocenters. The Morgan fingerprint density at radius 1 is 1.06 bits per heavy atom. The van der Waals surface area contributed by atoms with Crippen LogP contribution in [0.15, 0.2) is 72.0 Å². The van der Waals surface area contributed by atoms with E-state index in [4.69, 9.17) is 4.74 Å². The van der Waals surface area contributed by atoms with E-state index in [-0.39, 0.29) is 11.5 Å². The Morgan fingerprint density at radius 3 is 2.55 bits per heavy atom. The van der Waals surface area contributed by atoms with Gasteiger partial charge in [-0.1, -0.05) is 35.5 Å². The minimum absolute atomic E-state index is 0.0517. The van der Waals surface area contributed by atoms with Crippen molar-refractivity contribution in [2.75, 3.05) is 12.4 Å². The van der Waals surface area contributed by atoms with Gasteiger partial charge in [-0.05, 0) is 56.3 Å². The number of hydrogen-bond acceptors (Lipinski definition) is 5. The number of aryl methyl sites for hydroxylation is 2. The second-order valence-corrected chi connectivity index (χ2v) is 8.10. The fourth-order valence-corrected chi connectivity index (χ4v) is 4.21. The van der Waals surface area contributed by atoms with Gasteiger partial charge < -0.3 is 9.30 Å². The van der Waals surface area contributed by atoms with Gasteiger partial charge in [0.15, 0.2) is 16.8 Å². The molecule has 0 bridgehead atoms. The molecule has 0 aliphatic rings. The summed E-state index contributed by atoms with van der Waals surface area (Å²) in [5.74, 6) is 1.88. The first-order valence-corrected chi connectivity index (χ1v) is 11.1. The molecule has 0 N–H and O–H groups in total. The maximum atomic E-state index is 12.7. The second-order valence-electron chi connectivity index (χ2n) is 7.15. The molecule has 0 aliphatic heterocycles. The van der Waals surface area contributed by atoms with Crippen LogP contribution < -0.4 is 4.74 Å². The first-order valence-electron chi connectivity index (χ1n) is 10.1. The fourth-order valence-electron chi connectivity index (χ4n) is 3.38. The largest absolute Gasteiger partial charge is 0.494 e. The average molecular weight is 433 g/mol. The summed E-state index contributed by atoms with van der Waals surface area (Å²) >= 11 is 1.39. The zero-order valence-corrected chi connectivity index (χ0v) is 18.6. The van der Waals surface area contributed by atoms with Gasteiger partial charge in [0, 0.05) is 24.5 Å². The van der Waals surface area contributed by atoms with Gasteiger partial charge in [-0.2, -0.15) is 0 Å². The van der Waals surface area contributed by atoms with Crippen LogP contribution in [0.1, 0.15) is 23.0 Å². The highest BCUT2D eigenvalue weighted by Gasteiger charge is 2.18. The van der Waals surface area contributed by atoms with Crippen molar-refractivity contribution in [1.29, 1.82) is 0 Å². The summed E-state index contributed by atoms with van der Waals surface area (Å²) in [6, 6.07) is 19.7. The van der Waals surface area contributed by atoms with Crippen molar-refractivity contribution in [2.45, 2.75) is 19.0 Å². The average Bonchev–Trinajstić information content (AvgIpc) is 3.39. The number of hydrogen-bond donors (Lipinski definition) is 0. The number of ether oxygens (including phenoxy) is 1. The summed E-state index contributed by atoms with van der Waals surface area (Å²) < 4.78 is 9.40. The Kier molecular flexibility index (Phi) is 6.23. The van der Waals surface area contributed by atoms with Crippen LogP contribution in [-0.2, 0) is 7.05 Å². The van der Waals surface area contributed by atoms with Crippen molar-refractivity contribution in [3.05, 3.63) is 78.1 Å². The van der Waals surface area contributed by atoms with E-state index in [0.717, 1.165) is 28.4 Å². The Balaban J connectivity index is 1.69. The van der Waals surface area contributed by atoms with Gasteiger partial charge in [0.05, 0.1) is 18.1 Å². The molecule has 7 heteroatoms. The Labute approximate surface area is 185 Å². The van der Waals surface area contributed by atoms with E-state index >= 15 is 0 Å². The fraction of sp³-hybridized carbons (Fsp3) is 0.208. The van der Waals surface area contributed by atoms with Gasteiger partial charge in [0.25, 0.3) is 0 Å². The number of aromatic nitrogens is 4. The third-order valence-corrected chi connectivity index (χ3v) is 5.81. The molecular weight excluding hydrogens is 408 g/mol. The van der Waals surface area contributed by atoms with Crippen LogP contribution in [0.3, 0.4) is 0 Å². The number of benzene rings is 2. The van der Waals surface area contributed by atoms with Gasteiger partial charge >= 0.3 is 0 Å². The highest BCUT2D eigenvalue weighted by Crippen LogP contribution is 2.29. The van der Waals surface area contributed by atoms with Crippen molar-refractivity contribution in [2.24, 2.45) is 7.05 Å². The predicted molar refractivity (Wildman–Crippen MR) is 123 cm³/mol. The molecule has 0 spiro atoms. The summed E-state index contributed by atoms with van der Waals surface area (Å²) in [4.78, 5) is 12.7. The maximum absolute atomic E-state index is 12.7. The first-order chi connectivity index (χ1) is 15.1. The SMILES string of the molecule is CCOc1ccc(-n2c(SCC(=O)c3cccn3C)nnc2-c2cccc(C)c2)cc1. The van der Waals surface area contributed by atoms with Gasteiger partial charge in [0.1, 0.15) is 5.75 Å². The molecule has 4 rings (SSSR count). The molecule has 2 aromatic heterocycles. The van der Waals surface area contributed by atoms with Crippen molar-refractivity contribution in [3.63, 3.8) is 0 Å². The molecule has 31 heavy (non-hydrogen) atoms. The molecule has 0 fully saturated rings. The molecule has 2 aromatic carbocycles. The van der Waals surface area contributed by atoms with Crippen LogP contribution in [-0.4, -0.2) is 37.5 Å². The molecular formula is C24H24N4O2S. The molecule has 0 saturated carbocycles. The molecule has 0 amide bonds. The monoisotopic (exact) mass is 432 g/mol. The number of rotatable bonds is 8. The van der Waals surface area contributed by atoms with Crippen LogP contribution in [0.5, 0.6) is 5.75 Å². The van der Waals surface area contributed by atoms with Crippen molar-refractivity contribution in [1.82, 2.24) is 19.3 Å². The summed E-state index contributed by atoms with van der Waals surface area (Å²) in [6.07, 6.45) is 1.87. The van der Waals surface area contributed by atoms with Gasteiger partial charge in [-0.15, -0.1) is 10.2 Å². The van der Waals surface area contributed by atoms with E-state index in [1.807, 2.05) is 77.8 Å². The third kappa shape index (κ3) is 4.56. The predicted octanol–water partition coefficient (Wildman–Crippen LogP) is 4.95. The van der Waals surface area contributed by atoms with E-state index in [9.17, 15) is 4.79 Å². The number of thioether (sulfide) groups is 1. The molecule has 4 aromatic rings. The van der Waals surface area contributed by atoms with Crippen molar-refractivity contribution in [3.8, 4) is 22.8 Å². The van der Waals surface area contributed by atoms with E-state index in [1.165, 1.54) is 11.8 Å². The normalized spacial score (nSPS) is 10.9. The van der Waals surface area contributed by atoms with E-state index in [0.29, 0.717) is 17.5 Å². The topological polar surface area (TPSA) is 61.9 Å². The van der Waals surface area contributed by atoms with Gasteiger partial charge in [-0.25, -0.2) is 0 Å². The molecule has 2 heterocycles. The van der Waals surface area contributed by atoms with Gasteiger partial charge in [-0.3, -0.25) is 9.36 Å². The molecule has 6 nitrogen and oxygen atoms in total. The number of ketones is 1. The summed E-state index contributed by atoms with van der Waals surface area (Å²) in [5, 5.41) is 9.55. The van der Waals surface area contributed by atoms with E-state index < -0.39 is 0 Å². The Bertz CT molecular complexity index is 1190. The Hall–Kier alpha value is -3.32. The Morgan fingerprint density at radius 2 is 1.87 bits per heavy atom. The molecule has 0 radical (unpaired) electrons. The number of Topliss-reactive ketones (excluding diaryl/α,β-unsaturated/α-hetero) is 1. The van der Waals surface area contributed by atoms with Crippen molar-refractivity contribution < 1.29 is 9.53 Å². The summed E-state index contributed by atoms with van der Waals surface area (Å²) in [6.45, 7) is 4.63. The molecule has 0 aliphatic carbocycles. The second kappa shape index (κ2) is 9.22. The first kappa shape index (κ1) is 20.9. The smallest absolute Gasteiger partial charge is 0.196 e. The standard InChI is InChI=1S/C24H24N4O2S/c1-4-30-20-12-10-19(11-13-20)28-23(18-8-5-7-17(2)15-18)25-26-24(28)31-16-22(29)21-9-6-14-27(21)3/h5-15H,4,16H2,1-3H3. The van der Waals surface area contributed by atoms with E-state index in [2.05, 4.69) is 29.3 Å². The number of carbonyl (C=O) groups is 1. The van der Waals surface area contributed by atoms with Crippen molar-refractivity contribution >= 4 is 17.5 Å². The lowest BCUT2D eigenvalue weighted by Gasteiger charge is -2.12. The quantitative estimate of drug-likeness (QED) is 0.291. The maximum Gasteiger partial charge on any atom is 0.196 e. The minimum atomic E-state index is 0.0517. The lowest BCUT2D eigenvalue weighted by atomic mass is 10.1. The lowest BCUT2D eigenvalue weighted by Crippen LogP contribution is -2.09. The highest BCUT2D eigenvalue weighted by atomic mass is 32.2. The molecule has 0 atom stereocenters. The summed E-state index contributed by atoms with van der Waals surface area (Å²) in [7, 11) is 1.87. The van der Waals surface area contributed by atoms with Crippen LogP contribution in [0.25, 0.3) is 17.1 Å². The third-order valence-electron chi connectivity index (χ3n) is 4.88. The van der Waals surface area contributed by atoms with Crippen LogP contribution in [0.4, 0.5) is 0 Å². The number of nitrogens with zero attached hydrogens (tertiary/aromatic N) is 4. The highest BCUT2D eigenvalue weighted by molar-refractivity contribution is 7.99. The van der Waals surface area contributed by atoms with Crippen LogP contribution in [0, 0.1) is 6.92 Å². The van der Waals surface area contributed by atoms with Crippen LogP contribution >= 0.6 is 11.8 Å². The van der Waals surface area contributed by atoms with Gasteiger partial charge in [0.2, 0.25) is 0 Å². The summed E-state index contributed by atoms with van der Waals surface area (Å²) in [5.41, 5.74) is 3.71. The zero-order chi connectivity index (χ0) is 21.8. The van der Waals surface area contributed by atoms with Crippen LogP contribution in [0.2, 0.25) is 0 Å². The molecule has 158 valence electrons. The van der Waals surface area contributed by atoms with E-state index in [1.54, 1.807) is 0 Å². The zero-order valence-electron chi connectivity index (χ0n) is 17.8. The lowest BCUT2D eigenvalue weighted by molar-refractivity contribution is 0.101. The molecule has 0 saturated heterocycles. The number of carbonyl (C=O) groups excluding carboxylic acids is 1. The minimum Gasteiger partial charge on any atom is -0.494 e.